The second kappa shape index (κ2) is 10.7. The topological polar surface area (TPSA) is 60.7 Å². The molecule has 3 nitrogen and oxygen atoms in total. The molecule has 0 radical (unpaired) electrons. The van der Waals surface area contributed by atoms with Crippen LogP contribution in [0, 0.1) is 29.6 Å². The molecule has 0 aromatic carbocycles. The van der Waals surface area contributed by atoms with Gasteiger partial charge < -0.3 is 15.3 Å². The second-order valence-corrected chi connectivity index (χ2v) is 5.92. The molecule has 0 saturated heterocycles. The standard InChI is InChI=1S/C18H28O3/c1-2-16(19)10-6-4-8-12-18(21)17(20)11-7-3-5-9-15-13-14-15/h15-21H,2-3,5,7,9,11-14H2,1H3/t16-,17+,18+/m0/s1. The molecule has 3 N–H and O–H groups in total. The van der Waals surface area contributed by atoms with Gasteiger partial charge in [-0.3, -0.25) is 0 Å². The van der Waals surface area contributed by atoms with Crippen LogP contribution in [-0.2, 0) is 0 Å². The first kappa shape index (κ1) is 18.1. The molecular formula is C18H28O3. The van der Waals surface area contributed by atoms with Gasteiger partial charge in [-0.1, -0.05) is 57.3 Å². The number of unbranched alkanes of at least 4 members (excludes halogenated alkanes) is 2. The molecule has 0 bridgehead atoms. The van der Waals surface area contributed by atoms with E-state index < -0.39 is 18.3 Å². The first-order valence-corrected chi connectivity index (χ1v) is 8.16. The normalized spacial score (nSPS) is 17.9. The molecule has 0 amide bonds. The van der Waals surface area contributed by atoms with Crippen LogP contribution in [0.15, 0.2) is 0 Å². The summed E-state index contributed by atoms with van der Waals surface area (Å²) in [5, 5.41) is 28.8. The van der Waals surface area contributed by atoms with E-state index in [2.05, 4.69) is 23.7 Å². The van der Waals surface area contributed by atoms with Crippen molar-refractivity contribution in [1.29, 1.82) is 0 Å². The van der Waals surface area contributed by atoms with Crippen LogP contribution < -0.4 is 0 Å². The summed E-state index contributed by atoms with van der Waals surface area (Å²) in [7, 11) is 0. The summed E-state index contributed by atoms with van der Waals surface area (Å²) in [4.78, 5) is 0. The maximum atomic E-state index is 9.83. The van der Waals surface area contributed by atoms with Crippen LogP contribution in [-0.4, -0.2) is 33.6 Å². The molecule has 3 atom stereocenters. The molecule has 118 valence electrons. The number of rotatable bonds is 9. The van der Waals surface area contributed by atoms with E-state index in [9.17, 15) is 15.3 Å². The molecule has 1 fully saturated rings. The van der Waals surface area contributed by atoms with E-state index in [1.54, 1.807) is 0 Å². The molecule has 0 aromatic heterocycles. The fraction of sp³-hybridized carbons (Fsp3) is 0.778. The first-order chi connectivity index (χ1) is 10.1. The molecule has 0 aliphatic heterocycles. The van der Waals surface area contributed by atoms with Crippen LogP contribution in [0.2, 0.25) is 0 Å². The van der Waals surface area contributed by atoms with Gasteiger partial charge in [-0.15, -0.1) is 0 Å². The molecule has 3 heteroatoms. The Morgan fingerprint density at radius 1 is 1.00 bits per heavy atom. The van der Waals surface area contributed by atoms with E-state index in [1.807, 2.05) is 6.92 Å². The molecule has 0 heterocycles. The molecule has 0 aromatic rings. The quantitative estimate of drug-likeness (QED) is 0.451. The molecule has 1 saturated carbocycles. The van der Waals surface area contributed by atoms with Crippen molar-refractivity contribution in [2.45, 2.75) is 83.0 Å². The number of aliphatic hydroxyl groups is 3. The van der Waals surface area contributed by atoms with E-state index in [4.69, 9.17) is 0 Å². The third-order valence-corrected chi connectivity index (χ3v) is 3.84. The minimum absolute atomic E-state index is 0.222. The predicted molar refractivity (Wildman–Crippen MR) is 84.3 cm³/mol. The van der Waals surface area contributed by atoms with Crippen molar-refractivity contribution in [3.05, 3.63) is 0 Å². The highest BCUT2D eigenvalue weighted by atomic mass is 16.3. The van der Waals surface area contributed by atoms with Gasteiger partial charge in [-0.05, 0) is 30.6 Å². The summed E-state index contributed by atoms with van der Waals surface area (Å²) >= 11 is 0. The van der Waals surface area contributed by atoms with Crippen LogP contribution in [0.4, 0.5) is 0 Å². The van der Waals surface area contributed by atoms with Crippen molar-refractivity contribution < 1.29 is 15.3 Å². The lowest BCUT2D eigenvalue weighted by Gasteiger charge is -2.15. The molecular weight excluding hydrogens is 264 g/mol. The Kier molecular flexibility index (Phi) is 9.19. The summed E-state index contributed by atoms with van der Waals surface area (Å²) in [5.74, 6) is 11.4. The Balaban J connectivity index is 2.07. The van der Waals surface area contributed by atoms with Crippen LogP contribution in [0.1, 0.15) is 64.7 Å². The van der Waals surface area contributed by atoms with Crippen LogP contribution in [0.25, 0.3) is 0 Å². The molecule has 0 unspecified atom stereocenters. The zero-order valence-corrected chi connectivity index (χ0v) is 13.0. The number of hydrogen-bond acceptors (Lipinski definition) is 3. The molecule has 21 heavy (non-hydrogen) atoms. The van der Waals surface area contributed by atoms with Crippen molar-refractivity contribution >= 4 is 0 Å². The predicted octanol–water partition coefficient (Wildman–Crippen LogP) is 2.24. The summed E-state index contributed by atoms with van der Waals surface area (Å²) in [5.41, 5.74) is 0. The van der Waals surface area contributed by atoms with Crippen LogP contribution in [0.3, 0.4) is 0 Å². The van der Waals surface area contributed by atoms with Crippen molar-refractivity contribution in [2.24, 2.45) is 5.92 Å². The fourth-order valence-electron chi connectivity index (χ4n) is 2.12. The van der Waals surface area contributed by atoms with Crippen molar-refractivity contribution in [2.75, 3.05) is 0 Å². The Labute approximate surface area is 128 Å². The van der Waals surface area contributed by atoms with E-state index in [0.717, 1.165) is 18.8 Å². The third kappa shape index (κ3) is 9.53. The average molecular weight is 292 g/mol. The SMILES string of the molecule is CC[C@H](O)C#CC#CC[C@@H](O)[C@H](O)CCCCCC1CC1. The summed E-state index contributed by atoms with van der Waals surface area (Å²) in [6.07, 6.45) is 6.75. The zero-order chi connectivity index (χ0) is 15.5. The van der Waals surface area contributed by atoms with Crippen LogP contribution >= 0.6 is 0 Å². The van der Waals surface area contributed by atoms with Gasteiger partial charge in [0, 0.05) is 6.42 Å². The van der Waals surface area contributed by atoms with Gasteiger partial charge in [0.25, 0.3) is 0 Å². The average Bonchev–Trinajstić information content (AvgIpc) is 3.29. The van der Waals surface area contributed by atoms with E-state index in [1.165, 1.54) is 25.7 Å². The van der Waals surface area contributed by atoms with Gasteiger partial charge in [0.15, 0.2) is 0 Å². The van der Waals surface area contributed by atoms with Gasteiger partial charge in [0.05, 0.1) is 12.2 Å². The lowest BCUT2D eigenvalue weighted by atomic mass is 10.0. The minimum atomic E-state index is -0.807. The smallest absolute Gasteiger partial charge is 0.115 e. The molecule has 1 rings (SSSR count). The molecule has 1 aliphatic carbocycles. The largest absolute Gasteiger partial charge is 0.390 e. The maximum absolute atomic E-state index is 9.83. The van der Waals surface area contributed by atoms with E-state index >= 15 is 0 Å². The van der Waals surface area contributed by atoms with Gasteiger partial charge in [-0.2, -0.15) is 0 Å². The summed E-state index contributed by atoms with van der Waals surface area (Å²) < 4.78 is 0. The fourth-order valence-corrected chi connectivity index (χ4v) is 2.12. The van der Waals surface area contributed by atoms with Crippen molar-refractivity contribution in [1.82, 2.24) is 0 Å². The van der Waals surface area contributed by atoms with Gasteiger partial charge in [0.1, 0.15) is 6.10 Å². The molecule has 0 spiro atoms. The Bertz CT molecular complexity index is 392. The lowest BCUT2D eigenvalue weighted by molar-refractivity contribution is 0.0165. The van der Waals surface area contributed by atoms with Crippen molar-refractivity contribution in [3.8, 4) is 23.7 Å². The Morgan fingerprint density at radius 3 is 2.43 bits per heavy atom. The van der Waals surface area contributed by atoms with Gasteiger partial charge in [-0.25, -0.2) is 0 Å². The minimum Gasteiger partial charge on any atom is -0.390 e. The van der Waals surface area contributed by atoms with Crippen molar-refractivity contribution in [3.63, 3.8) is 0 Å². The summed E-state index contributed by atoms with van der Waals surface area (Å²) in [6.45, 7) is 1.84. The highest BCUT2D eigenvalue weighted by Gasteiger charge is 2.20. The Morgan fingerprint density at radius 2 is 1.76 bits per heavy atom. The second-order valence-electron chi connectivity index (χ2n) is 5.92. The highest BCUT2D eigenvalue weighted by molar-refractivity contribution is 5.27. The van der Waals surface area contributed by atoms with E-state index in [-0.39, 0.29) is 6.42 Å². The Hall–Kier alpha value is -1.00. The van der Waals surface area contributed by atoms with E-state index in [0.29, 0.717) is 12.8 Å². The summed E-state index contributed by atoms with van der Waals surface area (Å²) in [6, 6.07) is 0. The highest BCUT2D eigenvalue weighted by Crippen LogP contribution is 2.34. The third-order valence-electron chi connectivity index (χ3n) is 3.84. The molecule has 1 aliphatic rings. The van der Waals surface area contributed by atoms with Gasteiger partial charge >= 0.3 is 0 Å². The number of hydrogen-bond donors (Lipinski definition) is 3. The monoisotopic (exact) mass is 292 g/mol. The zero-order valence-electron chi connectivity index (χ0n) is 13.0. The lowest BCUT2D eigenvalue weighted by Crippen LogP contribution is -2.25. The first-order valence-electron chi connectivity index (χ1n) is 8.16. The van der Waals surface area contributed by atoms with Crippen LogP contribution in [0.5, 0.6) is 0 Å². The number of aliphatic hydroxyl groups excluding tert-OH is 3. The van der Waals surface area contributed by atoms with Gasteiger partial charge in [0.2, 0.25) is 0 Å². The maximum Gasteiger partial charge on any atom is 0.115 e.